The zero-order valence-corrected chi connectivity index (χ0v) is 9.31. The molecule has 1 heterocycles. The molecule has 2 N–H and O–H groups in total. The fraction of sp³-hybridized carbons (Fsp3) is 0.143. The van der Waals surface area contributed by atoms with E-state index in [2.05, 4.69) is 11.1 Å². The van der Waals surface area contributed by atoms with Crippen LogP contribution < -0.4 is 5.73 Å². The van der Waals surface area contributed by atoms with E-state index in [1.807, 2.05) is 24.3 Å². The summed E-state index contributed by atoms with van der Waals surface area (Å²) in [5.74, 6) is 0.811. The molecule has 0 spiro atoms. The van der Waals surface area contributed by atoms with Crippen molar-refractivity contribution in [1.29, 1.82) is 0 Å². The van der Waals surface area contributed by atoms with Gasteiger partial charge in [0, 0.05) is 19.0 Å². The molecule has 17 heavy (non-hydrogen) atoms. The van der Waals surface area contributed by atoms with Gasteiger partial charge in [0.1, 0.15) is 11.6 Å². The van der Waals surface area contributed by atoms with Crippen LogP contribution >= 0.6 is 0 Å². The molecule has 1 aliphatic carbocycles. The summed E-state index contributed by atoms with van der Waals surface area (Å²) in [6.07, 6.45) is 2.83. The summed E-state index contributed by atoms with van der Waals surface area (Å²) in [7, 11) is 0. The van der Waals surface area contributed by atoms with Crippen LogP contribution in [0.15, 0.2) is 36.5 Å². The number of hydrogen-bond acceptors (Lipinski definition) is 3. The minimum Gasteiger partial charge on any atom is -0.384 e. The first-order valence-electron chi connectivity index (χ1n) is 5.58. The Morgan fingerprint density at radius 3 is 2.59 bits per heavy atom. The summed E-state index contributed by atoms with van der Waals surface area (Å²) >= 11 is 0. The van der Waals surface area contributed by atoms with Crippen LogP contribution in [0.4, 0.5) is 5.82 Å². The molecule has 2 aromatic rings. The summed E-state index contributed by atoms with van der Waals surface area (Å²) in [5, 5.41) is 0. The monoisotopic (exact) mass is 224 g/mol. The Bertz CT molecular complexity index is 605. The smallest absolute Gasteiger partial charge is 0.141 e. The molecule has 1 aromatic carbocycles. The van der Waals surface area contributed by atoms with E-state index in [1.54, 1.807) is 6.20 Å². The standard InChI is InChI=1S/C14H12N2O/c15-14-8-11(3-4-16-14)9-1-2-10-6-13(17)7-12(10)5-9/h1-5,8H,6-7H2,(H2,15,16). The highest BCUT2D eigenvalue weighted by molar-refractivity contribution is 5.88. The third-order valence-corrected chi connectivity index (χ3v) is 3.10. The molecular weight excluding hydrogens is 212 g/mol. The molecule has 84 valence electrons. The number of benzene rings is 1. The first-order chi connectivity index (χ1) is 8.22. The van der Waals surface area contributed by atoms with Crippen molar-refractivity contribution in [2.45, 2.75) is 12.8 Å². The zero-order valence-electron chi connectivity index (χ0n) is 9.31. The SMILES string of the molecule is Nc1cc(-c2ccc3c(c2)CC(=O)C3)ccn1. The topological polar surface area (TPSA) is 56.0 Å². The summed E-state index contributed by atoms with van der Waals surface area (Å²) < 4.78 is 0. The maximum atomic E-state index is 11.4. The van der Waals surface area contributed by atoms with Crippen LogP contribution in [0.3, 0.4) is 0 Å². The molecule has 0 bridgehead atoms. The number of anilines is 1. The molecule has 1 aromatic heterocycles. The molecule has 0 saturated carbocycles. The number of hydrogen-bond donors (Lipinski definition) is 1. The van der Waals surface area contributed by atoms with Gasteiger partial charge in [0.15, 0.2) is 0 Å². The second kappa shape index (κ2) is 3.70. The number of nitrogens with zero attached hydrogens (tertiary/aromatic N) is 1. The Morgan fingerprint density at radius 2 is 1.76 bits per heavy atom. The van der Waals surface area contributed by atoms with Crippen molar-refractivity contribution in [1.82, 2.24) is 4.98 Å². The molecule has 0 atom stereocenters. The number of ketones is 1. The number of aromatic nitrogens is 1. The molecular formula is C14H12N2O. The fourth-order valence-electron chi connectivity index (χ4n) is 2.26. The highest BCUT2D eigenvalue weighted by atomic mass is 16.1. The Kier molecular flexibility index (Phi) is 2.18. The molecule has 3 rings (SSSR count). The molecule has 0 unspecified atom stereocenters. The second-order valence-corrected chi connectivity index (χ2v) is 4.35. The molecule has 0 fully saturated rings. The van der Waals surface area contributed by atoms with Gasteiger partial charge in [-0.3, -0.25) is 4.79 Å². The van der Waals surface area contributed by atoms with E-state index < -0.39 is 0 Å². The number of carbonyl (C=O) groups is 1. The lowest BCUT2D eigenvalue weighted by molar-refractivity contribution is -0.117. The molecule has 0 amide bonds. The van der Waals surface area contributed by atoms with Crippen LogP contribution in [0.25, 0.3) is 11.1 Å². The van der Waals surface area contributed by atoms with Crippen molar-refractivity contribution in [3.05, 3.63) is 47.7 Å². The van der Waals surface area contributed by atoms with Gasteiger partial charge in [-0.2, -0.15) is 0 Å². The Labute approximate surface area is 99.3 Å². The Balaban J connectivity index is 2.06. The highest BCUT2D eigenvalue weighted by Gasteiger charge is 2.18. The van der Waals surface area contributed by atoms with Gasteiger partial charge in [-0.1, -0.05) is 18.2 Å². The minimum absolute atomic E-state index is 0.298. The zero-order chi connectivity index (χ0) is 11.8. The Morgan fingerprint density at radius 1 is 1.00 bits per heavy atom. The van der Waals surface area contributed by atoms with Gasteiger partial charge in [0.2, 0.25) is 0 Å². The first-order valence-corrected chi connectivity index (χ1v) is 5.58. The van der Waals surface area contributed by atoms with E-state index in [-0.39, 0.29) is 0 Å². The van der Waals surface area contributed by atoms with E-state index in [0.29, 0.717) is 24.4 Å². The number of pyridine rings is 1. The van der Waals surface area contributed by atoms with Crippen molar-refractivity contribution in [2.24, 2.45) is 0 Å². The molecule has 3 nitrogen and oxygen atoms in total. The van der Waals surface area contributed by atoms with E-state index in [4.69, 9.17) is 5.73 Å². The number of fused-ring (bicyclic) bond motifs is 1. The van der Waals surface area contributed by atoms with Gasteiger partial charge >= 0.3 is 0 Å². The van der Waals surface area contributed by atoms with Gasteiger partial charge in [0.25, 0.3) is 0 Å². The number of rotatable bonds is 1. The van der Waals surface area contributed by atoms with E-state index in [0.717, 1.165) is 22.3 Å². The van der Waals surface area contributed by atoms with Gasteiger partial charge in [0.05, 0.1) is 0 Å². The van der Waals surface area contributed by atoms with Gasteiger partial charge < -0.3 is 5.73 Å². The van der Waals surface area contributed by atoms with E-state index in [1.165, 1.54) is 0 Å². The minimum atomic E-state index is 0.298. The van der Waals surface area contributed by atoms with E-state index in [9.17, 15) is 4.79 Å². The fourth-order valence-corrected chi connectivity index (χ4v) is 2.26. The van der Waals surface area contributed by atoms with Crippen LogP contribution in [0.5, 0.6) is 0 Å². The normalized spacial score (nSPS) is 13.8. The van der Waals surface area contributed by atoms with Crippen molar-refractivity contribution in [3.8, 4) is 11.1 Å². The Hall–Kier alpha value is -2.16. The van der Waals surface area contributed by atoms with Crippen LogP contribution in [0, 0.1) is 0 Å². The lowest BCUT2D eigenvalue weighted by Gasteiger charge is -2.05. The van der Waals surface area contributed by atoms with Crippen molar-refractivity contribution in [2.75, 3.05) is 5.73 Å². The van der Waals surface area contributed by atoms with Gasteiger partial charge in [-0.25, -0.2) is 4.98 Å². The van der Waals surface area contributed by atoms with Crippen LogP contribution in [-0.4, -0.2) is 10.8 Å². The summed E-state index contributed by atoms with van der Waals surface area (Å²) in [6, 6.07) is 9.92. The summed E-state index contributed by atoms with van der Waals surface area (Å²) in [6.45, 7) is 0. The van der Waals surface area contributed by atoms with Gasteiger partial charge in [-0.05, 0) is 34.4 Å². The maximum Gasteiger partial charge on any atom is 0.141 e. The van der Waals surface area contributed by atoms with E-state index >= 15 is 0 Å². The third-order valence-electron chi connectivity index (χ3n) is 3.10. The lowest BCUT2D eigenvalue weighted by atomic mass is 10.0. The van der Waals surface area contributed by atoms with Crippen molar-refractivity contribution >= 4 is 11.6 Å². The first kappa shape index (κ1) is 10.0. The molecule has 3 heteroatoms. The maximum absolute atomic E-state index is 11.4. The predicted molar refractivity (Wildman–Crippen MR) is 66.5 cm³/mol. The second-order valence-electron chi connectivity index (χ2n) is 4.35. The summed E-state index contributed by atoms with van der Waals surface area (Å²) in [5.41, 5.74) is 10.1. The predicted octanol–water partition coefficient (Wildman–Crippen LogP) is 2.00. The van der Waals surface area contributed by atoms with Gasteiger partial charge in [-0.15, -0.1) is 0 Å². The van der Waals surface area contributed by atoms with Crippen molar-refractivity contribution in [3.63, 3.8) is 0 Å². The number of carbonyl (C=O) groups excluding carboxylic acids is 1. The van der Waals surface area contributed by atoms with Crippen molar-refractivity contribution < 1.29 is 4.79 Å². The number of Topliss-reactive ketones (excluding diaryl/α,β-unsaturated/α-hetero) is 1. The van der Waals surface area contributed by atoms with Crippen LogP contribution in [0.1, 0.15) is 11.1 Å². The average molecular weight is 224 g/mol. The highest BCUT2D eigenvalue weighted by Crippen LogP contribution is 2.27. The molecule has 0 radical (unpaired) electrons. The lowest BCUT2D eigenvalue weighted by Crippen LogP contribution is -1.92. The molecule has 0 saturated heterocycles. The number of nitrogen functional groups attached to an aromatic ring is 1. The van der Waals surface area contributed by atoms with Crippen LogP contribution in [0.2, 0.25) is 0 Å². The largest absolute Gasteiger partial charge is 0.384 e. The average Bonchev–Trinajstić information content (AvgIpc) is 2.68. The van der Waals surface area contributed by atoms with Crippen LogP contribution in [-0.2, 0) is 17.6 Å². The third kappa shape index (κ3) is 1.80. The molecule has 0 aliphatic heterocycles. The number of nitrogens with two attached hydrogens (primary N) is 1. The quantitative estimate of drug-likeness (QED) is 0.806. The summed E-state index contributed by atoms with van der Waals surface area (Å²) in [4.78, 5) is 15.3. The molecule has 1 aliphatic rings.